The quantitative estimate of drug-likeness (QED) is 0.581. The maximum atomic E-state index is 10.00. The fraction of sp³-hybridized carbons (Fsp3) is 0. The van der Waals surface area contributed by atoms with E-state index in [1.165, 1.54) is 0 Å². The molecule has 0 atom stereocenters. The first kappa shape index (κ1) is 13.4. The van der Waals surface area contributed by atoms with Crippen LogP contribution in [0.25, 0.3) is 10.9 Å². The van der Waals surface area contributed by atoms with Crippen LogP contribution in [0.15, 0.2) is 56.4 Å². The molecule has 2 N–H and O–H groups in total. The van der Waals surface area contributed by atoms with Crippen LogP contribution in [0.4, 0.5) is 5.69 Å². The van der Waals surface area contributed by atoms with Gasteiger partial charge in [0.1, 0.15) is 0 Å². The summed E-state index contributed by atoms with van der Waals surface area (Å²) in [7, 11) is 0. The van der Waals surface area contributed by atoms with E-state index in [2.05, 4.69) is 41.8 Å². The number of nitrogens with one attached hydrogen (secondary N) is 1. The lowest BCUT2D eigenvalue weighted by atomic mass is 10.2. The second-order valence-corrected chi connectivity index (χ2v) is 6.06. The van der Waals surface area contributed by atoms with Gasteiger partial charge in [-0.1, -0.05) is 28.1 Å². The molecule has 3 nitrogen and oxygen atoms in total. The second kappa shape index (κ2) is 5.42. The van der Waals surface area contributed by atoms with Crippen LogP contribution >= 0.6 is 31.9 Å². The molecule has 20 heavy (non-hydrogen) atoms. The third-order valence-electron chi connectivity index (χ3n) is 2.97. The molecule has 2 aromatic carbocycles. The number of aromatic nitrogens is 1. The van der Waals surface area contributed by atoms with Gasteiger partial charge in [-0.15, -0.1) is 0 Å². The van der Waals surface area contributed by atoms with Gasteiger partial charge in [0, 0.05) is 26.1 Å². The molecule has 0 spiro atoms. The maximum Gasteiger partial charge on any atom is 0.198 e. The lowest BCUT2D eigenvalue weighted by molar-refractivity contribution is 0.457. The highest BCUT2D eigenvalue weighted by molar-refractivity contribution is 9.10. The normalized spacial score (nSPS) is 11.5. The van der Waals surface area contributed by atoms with Crippen molar-refractivity contribution in [3.8, 4) is 5.88 Å². The zero-order chi connectivity index (χ0) is 14.1. The van der Waals surface area contributed by atoms with Gasteiger partial charge < -0.3 is 10.1 Å². The van der Waals surface area contributed by atoms with Gasteiger partial charge in [0.25, 0.3) is 0 Å². The number of halogens is 2. The zero-order valence-electron chi connectivity index (χ0n) is 10.3. The van der Waals surface area contributed by atoms with Crippen molar-refractivity contribution >= 4 is 54.7 Å². The SMILES string of the molecule is Oc1[nH]c2ccc(Br)cc2c1C=Nc1ccccc1Br. The van der Waals surface area contributed by atoms with Crippen molar-refractivity contribution in [1.29, 1.82) is 0 Å². The van der Waals surface area contributed by atoms with E-state index < -0.39 is 0 Å². The Morgan fingerprint density at radius 2 is 1.90 bits per heavy atom. The minimum absolute atomic E-state index is 0.119. The summed E-state index contributed by atoms with van der Waals surface area (Å²) in [6, 6.07) is 13.5. The summed E-state index contributed by atoms with van der Waals surface area (Å²) in [5, 5.41) is 10.9. The number of aliphatic imine (C=N–C) groups is 1. The predicted molar refractivity (Wildman–Crippen MR) is 89.1 cm³/mol. The fourth-order valence-electron chi connectivity index (χ4n) is 1.99. The molecule has 0 saturated heterocycles. The number of fused-ring (bicyclic) bond motifs is 1. The van der Waals surface area contributed by atoms with E-state index in [0.717, 1.165) is 25.5 Å². The number of hydrogen-bond acceptors (Lipinski definition) is 2. The van der Waals surface area contributed by atoms with E-state index in [9.17, 15) is 5.11 Å². The van der Waals surface area contributed by atoms with Crippen LogP contribution in [0.2, 0.25) is 0 Å². The van der Waals surface area contributed by atoms with Crippen LogP contribution in [0.5, 0.6) is 5.88 Å². The van der Waals surface area contributed by atoms with E-state index in [-0.39, 0.29) is 5.88 Å². The Hall–Kier alpha value is -1.59. The number of nitrogens with zero attached hydrogens (tertiary/aromatic N) is 1. The summed E-state index contributed by atoms with van der Waals surface area (Å²) in [6.45, 7) is 0. The Labute approximate surface area is 132 Å². The minimum Gasteiger partial charge on any atom is -0.494 e. The maximum absolute atomic E-state index is 10.00. The van der Waals surface area contributed by atoms with Crippen molar-refractivity contribution in [2.45, 2.75) is 0 Å². The summed E-state index contributed by atoms with van der Waals surface area (Å²) in [6.07, 6.45) is 1.67. The number of hydrogen-bond donors (Lipinski definition) is 2. The third kappa shape index (κ3) is 2.51. The molecule has 0 bridgehead atoms. The van der Waals surface area contributed by atoms with Crippen molar-refractivity contribution in [2.24, 2.45) is 4.99 Å². The highest BCUT2D eigenvalue weighted by atomic mass is 79.9. The van der Waals surface area contributed by atoms with Gasteiger partial charge in [0.2, 0.25) is 0 Å². The number of H-pyrrole nitrogens is 1. The topological polar surface area (TPSA) is 48.4 Å². The van der Waals surface area contributed by atoms with Crippen molar-refractivity contribution < 1.29 is 5.11 Å². The molecule has 0 fully saturated rings. The number of benzene rings is 2. The van der Waals surface area contributed by atoms with Crippen molar-refractivity contribution in [3.63, 3.8) is 0 Å². The Morgan fingerprint density at radius 3 is 2.70 bits per heavy atom. The highest BCUT2D eigenvalue weighted by Gasteiger charge is 2.09. The Bertz CT molecular complexity index is 809. The highest BCUT2D eigenvalue weighted by Crippen LogP contribution is 2.30. The monoisotopic (exact) mass is 392 g/mol. The van der Waals surface area contributed by atoms with E-state index in [0.29, 0.717) is 5.56 Å². The standard InChI is InChI=1S/C15H10Br2N2O/c16-9-5-6-13-10(7-9)11(15(20)19-13)8-18-14-4-2-1-3-12(14)17/h1-8,19-20H. The Balaban J connectivity index is 2.09. The van der Waals surface area contributed by atoms with Gasteiger partial charge in [0.05, 0.1) is 11.3 Å². The lowest BCUT2D eigenvalue weighted by Gasteiger charge is -1.97. The summed E-state index contributed by atoms with van der Waals surface area (Å²) in [4.78, 5) is 7.36. The summed E-state index contributed by atoms with van der Waals surface area (Å²) in [5.41, 5.74) is 2.37. The van der Waals surface area contributed by atoms with Gasteiger partial charge >= 0.3 is 0 Å². The van der Waals surface area contributed by atoms with E-state index >= 15 is 0 Å². The number of aromatic hydroxyl groups is 1. The molecule has 0 amide bonds. The molecule has 0 aliphatic heterocycles. The van der Waals surface area contributed by atoms with Crippen molar-refractivity contribution in [1.82, 2.24) is 4.98 Å². The minimum atomic E-state index is 0.119. The van der Waals surface area contributed by atoms with Crippen LogP contribution in [0.3, 0.4) is 0 Å². The molecule has 3 aromatic rings. The molecule has 3 rings (SSSR count). The Morgan fingerprint density at radius 1 is 1.10 bits per heavy atom. The van der Waals surface area contributed by atoms with Gasteiger partial charge in [0.15, 0.2) is 5.88 Å². The van der Waals surface area contributed by atoms with Crippen molar-refractivity contribution in [3.05, 3.63) is 57.0 Å². The average molecular weight is 394 g/mol. The third-order valence-corrected chi connectivity index (χ3v) is 4.13. The fourth-order valence-corrected chi connectivity index (χ4v) is 2.74. The largest absolute Gasteiger partial charge is 0.494 e. The second-order valence-electron chi connectivity index (χ2n) is 4.29. The number of rotatable bonds is 2. The summed E-state index contributed by atoms with van der Waals surface area (Å²) < 4.78 is 1.87. The molecular formula is C15H10Br2N2O. The van der Waals surface area contributed by atoms with Crippen LogP contribution in [-0.4, -0.2) is 16.3 Å². The van der Waals surface area contributed by atoms with Crippen LogP contribution in [-0.2, 0) is 0 Å². The molecule has 0 saturated carbocycles. The van der Waals surface area contributed by atoms with Crippen LogP contribution in [0, 0.1) is 0 Å². The molecule has 1 aromatic heterocycles. The van der Waals surface area contributed by atoms with E-state index in [1.807, 2.05) is 42.5 Å². The molecule has 0 radical (unpaired) electrons. The molecule has 100 valence electrons. The zero-order valence-corrected chi connectivity index (χ0v) is 13.4. The van der Waals surface area contributed by atoms with Gasteiger partial charge in [-0.3, -0.25) is 4.99 Å². The van der Waals surface area contributed by atoms with Crippen LogP contribution in [0.1, 0.15) is 5.56 Å². The lowest BCUT2D eigenvalue weighted by Crippen LogP contribution is -1.79. The number of para-hydroxylation sites is 1. The first-order valence-corrected chi connectivity index (χ1v) is 7.52. The molecule has 1 heterocycles. The van der Waals surface area contributed by atoms with E-state index in [4.69, 9.17) is 0 Å². The van der Waals surface area contributed by atoms with Crippen molar-refractivity contribution in [2.75, 3.05) is 0 Å². The van der Waals surface area contributed by atoms with Gasteiger partial charge in [-0.25, -0.2) is 0 Å². The Kier molecular flexibility index (Phi) is 3.63. The van der Waals surface area contributed by atoms with Gasteiger partial charge in [-0.2, -0.15) is 0 Å². The average Bonchev–Trinajstić information content (AvgIpc) is 2.73. The summed E-state index contributed by atoms with van der Waals surface area (Å²) in [5.74, 6) is 0.119. The van der Waals surface area contributed by atoms with Crippen LogP contribution < -0.4 is 0 Å². The molecule has 0 aliphatic rings. The predicted octanol–water partition coefficient (Wildman–Crippen LogP) is 5.15. The van der Waals surface area contributed by atoms with E-state index in [1.54, 1.807) is 6.21 Å². The molecule has 0 unspecified atom stereocenters. The first-order valence-electron chi connectivity index (χ1n) is 5.94. The first-order chi connectivity index (χ1) is 9.65. The summed E-state index contributed by atoms with van der Waals surface area (Å²) >= 11 is 6.88. The number of aromatic amines is 1. The molecule has 0 aliphatic carbocycles. The molecule has 5 heteroatoms. The van der Waals surface area contributed by atoms with Gasteiger partial charge in [-0.05, 0) is 46.3 Å². The molecular weight excluding hydrogens is 384 g/mol. The smallest absolute Gasteiger partial charge is 0.198 e.